The van der Waals surface area contributed by atoms with Crippen LogP contribution in [0.3, 0.4) is 0 Å². The fraction of sp³-hybridized carbons (Fsp3) is 0.385. The minimum atomic E-state index is -0.0177. The maximum Gasteiger partial charge on any atom is 0.224 e. The van der Waals surface area contributed by atoms with Crippen molar-refractivity contribution in [3.05, 3.63) is 35.9 Å². The molecule has 0 spiro atoms. The molecule has 0 radical (unpaired) electrons. The zero-order chi connectivity index (χ0) is 12.1. The van der Waals surface area contributed by atoms with Gasteiger partial charge in [0.05, 0.1) is 6.42 Å². The molecular weight excluding hydrogens is 216 g/mol. The van der Waals surface area contributed by atoms with Crippen molar-refractivity contribution in [3.8, 4) is 0 Å². The van der Waals surface area contributed by atoms with Crippen molar-refractivity contribution in [1.82, 2.24) is 10.6 Å². The standard InChI is InChI=1S/C13H16N2O2/c16-12-9-11(6-7-14-12)15-13(17)8-10-4-2-1-3-5-10/h1-5,11H,6-9H2,(H,14,16)(H,15,17). The second-order valence-electron chi connectivity index (χ2n) is 4.27. The average molecular weight is 232 g/mol. The van der Waals surface area contributed by atoms with E-state index in [0.29, 0.717) is 19.4 Å². The molecule has 90 valence electrons. The van der Waals surface area contributed by atoms with Gasteiger partial charge in [0, 0.05) is 19.0 Å². The number of piperidine rings is 1. The quantitative estimate of drug-likeness (QED) is 0.802. The van der Waals surface area contributed by atoms with Crippen LogP contribution in [0.25, 0.3) is 0 Å². The molecule has 4 heteroatoms. The molecular formula is C13H16N2O2. The molecule has 1 fully saturated rings. The van der Waals surface area contributed by atoms with Gasteiger partial charge in [0.25, 0.3) is 0 Å². The van der Waals surface area contributed by atoms with E-state index in [1.165, 1.54) is 0 Å². The summed E-state index contributed by atoms with van der Waals surface area (Å²) in [4.78, 5) is 22.9. The van der Waals surface area contributed by atoms with Crippen molar-refractivity contribution >= 4 is 11.8 Å². The summed E-state index contributed by atoms with van der Waals surface area (Å²) in [5.41, 5.74) is 0.991. The normalized spacial score (nSPS) is 19.5. The number of rotatable bonds is 3. The third-order valence-corrected chi connectivity index (χ3v) is 2.82. The summed E-state index contributed by atoms with van der Waals surface area (Å²) in [7, 11) is 0. The van der Waals surface area contributed by atoms with Crippen LogP contribution in [0.4, 0.5) is 0 Å². The van der Waals surface area contributed by atoms with E-state index in [9.17, 15) is 9.59 Å². The highest BCUT2D eigenvalue weighted by atomic mass is 16.2. The zero-order valence-corrected chi connectivity index (χ0v) is 9.61. The molecule has 1 unspecified atom stereocenters. The number of carbonyl (C=O) groups excluding carboxylic acids is 2. The van der Waals surface area contributed by atoms with Crippen molar-refractivity contribution < 1.29 is 9.59 Å². The summed E-state index contributed by atoms with van der Waals surface area (Å²) in [6.45, 7) is 0.648. The van der Waals surface area contributed by atoms with Crippen molar-refractivity contribution in [1.29, 1.82) is 0 Å². The van der Waals surface area contributed by atoms with Crippen LogP contribution in [0, 0.1) is 0 Å². The van der Waals surface area contributed by atoms with Crippen LogP contribution in [0.2, 0.25) is 0 Å². The first-order valence-electron chi connectivity index (χ1n) is 5.84. The molecule has 2 amide bonds. The van der Waals surface area contributed by atoms with E-state index in [1.54, 1.807) is 0 Å². The van der Waals surface area contributed by atoms with Gasteiger partial charge in [0.1, 0.15) is 0 Å². The molecule has 0 aromatic heterocycles. The van der Waals surface area contributed by atoms with Crippen LogP contribution >= 0.6 is 0 Å². The van der Waals surface area contributed by atoms with Crippen LogP contribution in [-0.4, -0.2) is 24.4 Å². The number of amides is 2. The number of benzene rings is 1. The van der Waals surface area contributed by atoms with Crippen molar-refractivity contribution in [2.75, 3.05) is 6.54 Å². The summed E-state index contributed by atoms with van der Waals surface area (Å²) in [6, 6.07) is 9.58. The van der Waals surface area contributed by atoms with Gasteiger partial charge in [-0.25, -0.2) is 0 Å². The van der Waals surface area contributed by atoms with Gasteiger partial charge in [-0.3, -0.25) is 9.59 Å². The summed E-state index contributed by atoms with van der Waals surface area (Å²) < 4.78 is 0. The molecule has 1 aliphatic heterocycles. The lowest BCUT2D eigenvalue weighted by Crippen LogP contribution is -2.45. The number of hydrogen-bond donors (Lipinski definition) is 2. The fourth-order valence-electron chi connectivity index (χ4n) is 1.97. The van der Waals surface area contributed by atoms with Crippen LogP contribution in [0.15, 0.2) is 30.3 Å². The first-order chi connectivity index (χ1) is 8.24. The molecule has 1 atom stereocenters. The molecule has 0 bridgehead atoms. The minimum Gasteiger partial charge on any atom is -0.356 e. The van der Waals surface area contributed by atoms with E-state index < -0.39 is 0 Å². The largest absolute Gasteiger partial charge is 0.356 e. The molecule has 1 aromatic carbocycles. The Bertz CT molecular complexity index is 403. The molecule has 1 aromatic rings. The van der Waals surface area contributed by atoms with Gasteiger partial charge in [0.15, 0.2) is 0 Å². The Morgan fingerprint density at radius 3 is 2.82 bits per heavy atom. The minimum absolute atomic E-state index is 0.0139. The Kier molecular flexibility index (Phi) is 3.75. The molecule has 1 aliphatic rings. The lowest BCUT2D eigenvalue weighted by Gasteiger charge is -2.23. The van der Waals surface area contributed by atoms with E-state index in [1.807, 2.05) is 30.3 Å². The summed E-state index contributed by atoms with van der Waals surface area (Å²) in [5.74, 6) is -0.00263. The molecule has 0 saturated carbocycles. The number of carbonyl (C=O) groups is 2. The molecule has 0 aliphatic carbocycles. The van der Waals surface area contributed by atoms with Crippen LogP contribution in [0.5, 0.6) is 0 Å². The first kappa shape index (κ1) is 11.6. The topological polar surface area (TPSA) is 58.2 Å². The van der Waals surface area contributed by atoms with Gasteiger partial charge in [0.2, 0.25) is 11.8 Å². The van der Waals surface area contributed by atoms with Crippen molar-refractivity contribution in [2.45, 2.75) is 25.3 Å². The lowest BCUT2D eigenvalue weighted by molar-refractivity contribution is -0.124. The fourth-order valence-corrected chi connectivity index (χ4v) is 1.97. The predicted octanol–water partition coefficient (Wildman–Crippen LogP) is 0.624. The predicted molar refractivity (Wildman–Crippen MR) is 64.3 cm³/mol. The van der Waals surface area contributed by atoms with Crippen molar-refractivity contribution in [2.24, 2.45) is 0 Å². The van der Waals surface area contributed by atoms with Crippen molar-refractivity contribution in [3.63, 3.8) is 0 Å². The molecule has 1 saturated heterocycles. The van der Waals surface area contributed by atoms with E-state index >= 15 is 0 Å². The SMILES string of the molecule is O=C1CC(NC(=O)Cc2ccccc2)CCN1. The number of hydrogen-bond acceptors (Lipinski definition) is 2. The van der Waals surface area contributed by atoms with Gasteiger partial charge in [-0.2, -0.15) is 0 Å². The number of nitrogens with one attached hydrogen (secondary N) is 2. The Morgan fingerprint density at radius 1 is 1.35 bits per heavy atom. The van der Waals surface area contributed by atoms with Gasteiger partial charge in [-0.05, 0) is 12.0 Å². The molecule has 4 nitrogen and oxygen atoms in total. The summed E-state index contributed by atoms with van der Waals surface area (Å²) in [6.07, 6.45) is 1.58. The summed E-state index contributed by atoms with van der Waals surface area (Å²) >= 11 is 0. The van der Waals surface area contributed by atoms with Crippen LogP contribution < -0.4 is 10.6 Å². The highest BCUT2D eigenvalue weighted by molar-refractivity contribution is 5.81. The molecule has 17 heavy (non-hydrogen) atoms. The Morgan fingerprint density at radius 2 is 2.12 bits per heavy atom. The van der Waals surface area contributed by atoms with Crippen LogP contribution in [0.1, 0.15) is 18.4 Å². The highest BCUT2D eigenvalue weighted by Gasteiger charge is 2.20. The third-order valence-electron chi connectivity index (χ3n) is 2.82. The second kappa shape index (κ2) is 5.48. The smallest absolute Gasteiger partial charge is 0.224 e. The van der Waals surface area contributed by atoms with Gasteiger partial charge >= 0.3 is 0 Å². The van der Waals surface area contributed by atoms with Gasteiger partial charge < -0.3 is 10.6 Å². The zero-order valence-electron chi connectivity index (χ0n) is 9.61. The molecule has 1 heterocycles. The Hall–Kier alpha value is -1.84. The van der Waals surface area contributed by atoms with Gasteiger partial charge in [-0.15, -0.1) is 0 Å². The lowest BCUT2D eigenvalue weighted by atomic mass is 10.1. The van der Waals surface area contributed by atoms with Crippen LogP contribution in [-0.2, 0) is 16.0 Å². The van der Waals surface area contributed by atoms with E-state index in [0.717, 1.165) is 12.0 Å². The first-order valence-corrected chi connectivity index (χ1v) is 5.84. The maximum absolute atomic E-state index is 11.7. The van der Waals surface area contributed by atoms with E-state index in [4.69, 9.17) is 0 Å². The Labute approximate surface area is 100 Å². The van der Waals surface area contributed by atoms with E-state index in [2.05, 4.69) is 10.6 Å². The Balaban J connectivity index is 1.83. The third kappa shape index (κ3) is 3.59. The average Bonchev–Trinajstić information content (AvgIpc) is 2.30. The molecule has 2 rings (SSSR count). The van der Waals surface area contributed by atoms with E-state index in [-0.39, 0.29) is 17.9 Å². The molecule has 2 N–H and O–H groups in total. The second-order valence-corrected chi connectivity index (χ2v) is 4.27. The highest BCUT2D eigenvalue weighted by Crippen LogP contribution is 2.05. The maximum atomic E-state index is 11.7. The summed E-state index contributed by atoms with van der Waals surface area (Å²) in [5, 5.41) is 5.64. The monoisotopic (exact) mass is 232 g/mol. The van der Waals surface area contributed by atoms with Gasteiger partial charge in [-0.1, -0.05) is 30.3 Å².